The molecule has 0 spiro atoms. The summed E-state index contributed by atoms with van der Waals surface area (Å²) in [6.07, 6.45) is 0. The van der Waals surface area contributed by atoms with E-state index >= 15 is 0 Å². The Morgan fingerprint density at radius 3 is 2.58 bits per heavy atom. The van der Waals surface area contributed by atoms with Crippen LogP contribution in [0.5, 0.6) is 11.5 Å². The van der Waals surface area contributed by atoms with Gasteiger partial charge in [0.1, 0.15) is 12.4 Å². The molecule has 0 aliphatic rings. The van der Waals surface area contributed by atoms with E-state index in [0.717, 1.165) is 22.2 Å². The van der Waals surface area contributed by atoms with E-state index in [0.29, 0.717) is 6.61 Å². The molecule has 0 radical (unpaired) electrons. The molecule has 0 saturated carbocycles. The number of benzene rings is 2. The molecule has 0 N–H and O–H groups in total. The third kappa shape index (κ3) is 3.47. The van der Waals surface area contributed by atoms with E-state index in [1.165, 1.54) is 13.2 Å². The topological polar surface area (TPSA) is 18.5 Å². The Morgan fingerprint density at radius 1 is 1.11 bits per heavy atom. The molecule has 0 amide bonds. The highest BCUT2D eigenvalue weighted by Gasteiger charge is 2.05. The summed E-state index contributed by atoms with van der Waals surface area (Å²) in [4.78, 5) is 0. The van der Waals surface area contributed by atoms with Gasteiger partial charge in [0.15, 0.2) is 11.6 Å². The summed E-state index contributed by atoms with van der Waals surface area (Å²) in [6, 6.07) is 12.6. The fourth-order valence-corrected chi connectivity index (χ4v) is 2.18. The Morgan fingerprint density at radius 2 is 1.89 bits per heavy atom. The second-order valence-electron chi connectivity index (χ2n) is 4.00. The Bertz CT molecular complexity index is 558. The first kappa shape index (κ1) is 13.9. The molecule has 2 aromatic rings. The van der Waals surface area contributed by atoms with Crippen LogP contribution in [0.3, 0.4) is 0 Å². The molecule has 0 aliphatic heterocycles. The van der Waals surface area contributed by atoms with Crippen LogP contribution in [-0.4, -0.2) is 7.11 Å². The van der Waals surface area contributed by atoms with Crippen LogP contribution in [-0.2, 0) is 11.9 Å². The Hall–Kier alpha value is -1.55. The third-order valence-corrected chi connectivity index (χ3v) is 3.33. The maximum atomic E-state index is 13.5. The number of methoxy groups -OCH3 is 1. The molecule has 100 valence electrons. The average Bonchev–Trinajstić information content (AvgIpc) is 2.45. The lowest BCUT2D eigenvalue weighted by molar-refractivity contribution is 0.302. The first-order valence-corrected chi connectivity index (χ1v) is 6.96. The van der Waals surface area contributed by atoms with Crippen LogP contribution in [0.4, 0.5) is 4.39 Å². The van der Waals surface area contributed by atoms with Crippen molar-refractivity contribution in [3.8, 4) is 11.5 Å². The number of alkyl halides is 1. The van der Waals surface area contributed by atoms with E-state index < -0.39 is 0 Å². The van der Waals surface area contributed by atoms with E-state index in [-0.39, 0.29) is 11.6 Å². The van der Waals surface area contributed by atoms with Crippen molar-refractivity contribution in [3.63, 3.8) is 0 Å². The summed E-state index contributed by atoms with van der Waals surface area (Å²) >= 11 is 3.41. The Balaban J connectivity index is 2.08. The smallest absolute Gasteiger partial charge is 0.165 e. The van der Waals surface area contributed by atoms with Gasteiger partial charge in [0.25, 0.3) is 0 Å². The molecule has 0 aromatic heterocycles. The lowest BCUT2D eigenvalue weighted by atomic mass is 10.2. The number of hydrogen-bond donors (Lipinski definition) is 0. The predicted molar refractivity (Wildman–Crippen MR) is 76.4 cm³/mol. The summed E-state index contributed by atoms with van der Waals surface area (Å²) in [5.41, 5.74) is 1.83. The molecule has 2 nitrogen and oxygen atoms in total. The van der Waals surface area contributed by atoms with Crippen molar-refractivity contribution in [3.05, 3.63) is 59.4 Å². The van der Waals surface area contributed by atoms with Crippen molar-refractivity contribution in [2.45, 2.75) is 11.9 Å². The van der Waals surface area contributed by atoms with Crippen molar-refractivity contribution >= 4 is 15.9 Å². The van der Waals surface area contributed by atoms with Crippen LogP contribution >= 0.6 is 15.9 Å². The van der Waals surface area contributed by atoms with Crippen LogP contribution in [0.1, 0.15) is 11.1 Å². The van der Waals surface area contributed by atoms with Gasteiger partial charge < -0.3 is 9.47 Å². The molecule has 0 saturated heterocycles. The first-order chi connectivity index (χ1) is 9.24. The summed E-state index contributed by atoms with van der Waals surface area (Å²) < 4.78 is 24.1. The van der Waals surface area contributed by atoms with Crippen LogP contribution in [0.15, 0.2) is 42.5 Å². The number of para-hydroxylation sites is 1. The van der Waals surface area contributed by atoms with Gasteiger partial charge in [-0.2, -0.15) is 0 Å². The molecule has 0 unspecified atom stereocenters. The van der Waals surface area contributed by atoms with Gasteiger partial charge >= 0.3 is 0 Å². The number of hydrogen-bond acceptors (Lipinski definition) is 2. The standard InChI is InChI=1S/C15H14BrFO2/c1-18-15-7-6-11(8-13(15)17)10-19-14-5-3-2-4-12(14)9-16/h2-8H,9-10H2,1H3. The lowest BCUT2D eigenvalue weighted by Gasteiger charge is -2.10. The first-order valence-electron chi connectivity index (χ1n) is 5.83. The molecule has 0 aliphatic carbocycles. The quantitative estimate of drug-likeness (QED) is 0.763. The van der Waals surface area contributed by atoms with Gasteiger partial charge in [-0.1, -0.05) is 40.2 Å². The molecule has 0 fully saturated rings. The molecule has 2 rings (SSSR count). The molecule has 0 heterocycles. The lowest BCUT2D eigenvalue weighted by Crippen LogP contribution is -1.99. The monoisotopic (exact) mass is 324 g/mol. The fourth-order valence-electron chi connectivity index (χ4n) is 1.72. The molecule has 2 aromatic carbocycles. The van der Waals surface area contributed by atoms with E-state index in [2.05, 4.69) is 15.9 Å². The minimum Gasteiger partial charge on any atom is -0.494 e. The second kappa shape index (κ2) is 6.57. The Kier molecular flexibility index (Phi) is 4.80. The third-order valence-electron chi connectivity index (χ3n) is 2.73. The van der Waals surface area contributed by atoms with Gasteiger partial charge in [-0.15, -0.1) is 0 Å². The molecule has 4 heteroatoms. The highest BCUT2D eigenvalue weighted by molar-refractivity contribution is 9.08. The van der Waals surface area contributed by atoms with Gasteiger partial charge in [0, 0.05) is 10.9 Å². The SMILES string of the molecule is COc1ccc(COc2ccccc2CBr)cc1F. The maximum Gasteiger partial charge on any atom is 0.165 e. The second-order valence-corrected chi connectivity index (χ2v) is 4.56. The molecule has 0 bridgehead atoms. The van der Waals surface area contributed by atoms with E-state index in [1.54, 1.807) is 12.1 Å². The molecule has 19 heavy (non-hydrogen) atoms. The zero-order chi connectivity index (χ0) is 13.7. The predicted octanol–water partition coefficient (Wildman–Crippen LogP) is 4.31. The number of halogens is 2. The van der Waals surface area contributed by atoms with E-state index in [4.69, 9.17) is 9.47 Å². The minimum atomic E-state index is -0.377. The van der Waals surface area contributed by atoms with Crippen LogP contribution < -0.4 is 9.47 Å². The van der Waals surface area contributed by atoms with E-state index in [1.807, 2.05) is 24.3 Å². The summed E-state index contributed by atoms with van der Waals surface area (Å²) in [7, 11) is 1.45. The highest BCUT2D eigenvalue weighted by atomic mass is 79.9. The van der Waals surface area contributed by atoms with Gasteiger partial charge in [-0.25, -0.2) is 4.39 Å². The van der Waals surface area contributed by atoms with Crippen molar-refractivity contribution in [2.75, 3.05) is 7.11 Å². The molecule has 0 atom stereocenters. The summed E-state index contributed by atoms with van der Waals surface area (Å²) in [6.45, 7) is 0.324. The summed E-state index contributed by atoms with van der Waals surface area (Å²) in [5.74, 6) is 0.664. The largest absolute Gasteiger partial charge is 0.494 e. The molecular weight excluding hydrogens is 311 g/mol. The van der Waals surface area contributed by atoms with Crippen molar-refractivity contribution < 1.29 is 13.9 Å². The highest BCUT2D eigenvalue weighted by Crippen LogP contribution is 2.23. The van der Waals surface area contributed by atoms with Gasteiger partial charge in [0.2, 0.25) is 0 Å². The molecular formula is C15H14BrFO2. The van der Waals surface area contributed by atoms with Crippen molar-refractivity contribution in [1.82, 2.24) is 0 Å². The minimum absolute atomic E-state index is 0.240. The van der Waals surface area contributed by atoms with Crippen LogP contribution in [0.25, 0.3) is 0 Å². The van der Waals surface area contributed by atoms with Gasteiger partial charge in [-0.3, -0.25) is 0 Å². The summed E-state index contributed by atoms with van der Waals surface area (Å²) in [5, 5.41) is 0.722. The van der Waals surface area contributed by atoms with E-state index in [9.17, 15) is 4.39 Å². The zero-order valence-electron chi connectivity index (χ0n) is 10.5. The van der Waals surface area contributed by atoms with Gasteiger partial charge in [-0.05, 0) is 23.8 Å². The van der Waals surface area contributed by atoms with Crippen molar-refractivity contribution in [2.24, 2.45) is 0 Å². The van der Waals surface area contributed by atoms with Crippen LogP contribution in [0, 0.1) is 5.82 Å². The fraction of sp³-hybridized carbons (Fsp3) is 0.200. The Labute approximate surface area is 120 Å². The average molecular weight is 325 g/mol. The number of rotatable bonds is 5. The zero-order valence-corrected chi connectivity index (χ0v) is 12.1. The maximum absolute atomic E-state index is 13.5. The van der Waals surface area contributed by atoms with Gasteiger partial charge in [0.05, 0.1) is 7.11 Å². The van der Waals surface area contributed by atoms with Crippen LogP contribution in [0.2, 0.25) is 0 Å². The number of ether oxygens (including phenoxy) is 2. The van der Waals surface area contributed by atoms with Crippen molar-refractivity contribution in [1.29, 1.82) is 0 Å². The normalized spacial score (nSPS) is 10.3.